The molecule has 0 amide bonds. The summed E-state index contributed by atoms with van der Waals surface area (Å²) in [5.41, 5.74) is 0.0111. The second-order valence-electron chi connectivity index (χ2n) is 2.22. The van der Waals surface area contributed by atoms with Gasteiger partial charge in [0.15, 0.2) is 0 Å². The maximum absolute atomic E-state index is 10.7. The van der Waals surface area contributed by atoms with E-state index in [4.69, 9.17) is 16.2 Å². The molecule has 1 rings (SSSR count). The third-order valence-electron chi connectivity index (χ3n) is 1.33. The van der Waals surface area contributed by atoms with Crippen molar-refractivity contribution in [3.8, 4) is 0 Å². The standard InChI is InChI=1S/C7H4ClO4S/c8-6-2-1-5(4-9)3-7(6)13(10,11)12/h1-3H,(H,10,11,12). The van der Waals surface area contributed by atoms with E-state index in [1.54, 1.807) is 0 Å². The van der Waals surface area contributed by atoms with Gasteiger partial charge in [-0.1, -0.05) is 11.6 Å². The SMILES string of the molecule is O=[C]c1ccc(Cl)c(S(=O)(=O)O)c1. The van der Waals surface area contributed by atoms with Crippen LogP contribution in [0.2, 0.25) is 5.02 Å². The zero-order valence-corrected chi connectivity index (χ0v) is 7.76. The number of halogens is 1. The summed E-state index contributed by atoms with van der Waals surface area (Å²) in [6.07, 6.45) is 1.48. The molecule has 0 fully saturated rings. The van der Waals surface area contributed by atoms with Crippen LogP contribution in [0.5, 0.6) is 0 Å². The molecule has 1 aromatic rings. The molecule has 0 heterocycles. The molecular formula is C7H4ClO4S. The van der Waals surface area contributed by atoms with Crippen LogP contribution in [0.4, 0.5) is 0 Å². The summed E-state index contributed by atoms with van der Waals surface area (Å²) >= 11 is 5.47. The number of carbonyl (C=O) groups excluding carboxylic acids is 1. The molecule has 0 aliphatic rings. The van der Waals surface area contributed by atoms with Crippen molar-refractivity contribution >= 4 is 28.0 Å². The van der Waals surface area contributed by atoms with Crippen molar-refractivity contribution in [3.05, 3.63) is 28.8 Å². The van der Waals surface area contributed by atoms with Crippen LogP contribution in [0, 0.1) is 0 Å². The molecule has 1 aromatic carbocycles. The lowest BCUT2D eigenvalue weighted by Gasteiger charge is -1.99. The molecule has 0 saturated heterocycles. The molecule has 4 nitrogen and oxygen atoms in total. The van der Waals surface area contributed by atoms with E-state index in [2.05, 4.69) is 0 Å². The van der Waals surface area contributed by atoms with E-state index < -0.39 is 15.0 Å². The van der Waals surface area contributed by atoms with Gasteiger partial charge in [0.1, 0.15) is 4.90 Å². The maximum Gasteiger partial charge on any atom is 0.296 e. The molecule has 0 aliphatic carbocycles. The van der Waals surface area contributed by atoms with E-state index in [0.717, 1.165) is 6.07 Å². The Hall–Kier alpha value is -0.910. The van der Waals surface area contributed by atoms with Gasteiger partial charge in [-0.3, -0.25) is 9.35 Å². The molecule has 0 unspecified atom stereocenters. The Balaban J connectivity index is 3.44. The average molecular weight is 220 g/mol. The van der Waals surface area contributed by atoms with Crippen LogP contribution in [-0.2, 0) is 14.9 Å². The van der Waals surface area contributed by atoms with Gasteiger partial charge in [0.05, 0.1) is 5.02 Å². The quantitative estimate of drug-likeness (QED) is 0.755. The van der Waals surface area contributed by atoms with Gasteiger partial charge in [-0.2, -0.15) is 8.42 Å². The fourth-order valence-corrected chi connectivity index (χ4v) is 1.76. The fourth-order valence-electron chi connectivity index (χ4n) is 0.765. The fraction of sp³-hybridized carbons (Fsp3) is 0. The van der Waals surface area contributed by atoms with Gasteiger partial charge < -0.3 is 0 Å². The van der Waals surface area contributed by atoms with Crippen LogP contribution >= 0.6 is 11.6 Å². The van der Waals surface area contributed by atoms with Crippen LogP contribution in [0.25, 0.3) is 0 Å². The topological polar surface area (TPSA) is 71.4 Å². The maximum atomic E-state index is 10.7. The Bertz CT molecular complexity index is 438. The van der Waals surface area contributed by atoms with Crippen molar-refractivity contribution in [2.24, 2.45) is 0 Å². The van der Waals surface area contributed by atoms with E-state index in [0.29, 0.717) is 0 Å². The van der Waals surface area contributed by atoms with Crippen molar-refractivity contribution < 1.29 is 17.8 Å². The normalized spacial score (nSPS) is 11.2. The number of rotatable bonds is 2. The monoisotopic (exact) mass is 219 g/mol. The van der Waals surface area contributed by atoms with E-state index in [1.807, 2.05) is 0 Å². The van der Waals surface area contributed by atoms with Crippen LogP contribution in [0.3, 0.4) is 0 Å². The summed E-state index contributed by atoms with van der Waals surface area (Å²) in [6, 6.07) is 3.44. The van der Waals surface area contributed by atoms with E-state index >= 15 is 0 Å². The summed E-state index contributed by atoms with van der Waals surface area (Å²) in [6.45, 7) is 0. The molecule has 1 N–H and O–H groups in total. The Labute approximate surface area is 79.9 Å². The second kappa shape index (κ2) is 3.45. The van der Waals surface area contributed by atoms with E-state index in [1.165, 1.54) is 18.4 Å². The highest BCUT2D eigenvalue weighted by Gasteiger charge is 2.14. The van der Waals surface area contributed by atoms with Crippen molar-refractivity contribution in [1.82, 2.24) is 0 Å². The molecule has 6 heteroatoms. The minimum atomic E-state index is -4.38. The van der Waals surface area contributed by atoms with Crippen molar-refractivity contribution in [3.63, 3.8) is 0 Å². The van der Waals surface area contributed by atoms with Crippen LogP contribution in [-0.4, -0.2) is 19.3 Å². The third-order valence-corrected chi connectivity index (χ3v) is 2.66. The Morgan fingerprint density at radius 1 is 1.38 bits per heavy atom. The first-order chi connectivity index (χ1) is 5.95. The highest BCUT2D eigenvalue weighted by Crippen LogP contribution is 2.21. The van der Waals surface area contributed by atoms with Crippen molar-refractivity contribution in [2.75, 3.05) is 0 Å². The molecule has 69 valence electrons. The van der Waals surface area contributed by atoms with Crippen LogP contribution in [0.15, 0.2) is 23.1 Å². The van der Waals surface area contributed by atoms with Crippen LogP contribution < -0.4 is 0 Å². The molecule has 0 aliphatic heterocycles. The van der Waals surface area contributed by atoms with Gasteiger partial charge in [0.25, 0.3) is 10.1 Å². The molecule has 0 saturated carbocycles. The summed E-state index contributed by atoms with van der Waals surface area (Å²) in [7, 11) is -4.38. The molecule has 1 radical (unpaired) electrons. The molecule has 13 heavy (non-hydrogen) atoms. The molecule has 0 bridgehead atoms. The Morgan fingerprint density at radius 3 is 2.46 bits per heavy atom. The highest BCUT2D eigenvalue weighted by molar-refractivity contribution is 7.86. The summed E-state index contributed by atoms with van der Waals surface area (Å²) < 4.78 is 30.0. The summed E-state index contributed by atoms with van der Waals surface area (Å²) in [5, 5.41) is -0.137. The minimum Gasteiger partial charge on any atom is -0.285 e. The van der Waals surface area contributed by atoms with Gasteiger partial charge in [-0.25, -0.2) is 0 Å². The van der Waals surface area contributed by atoms with Gasteiger partial charge in [0, 0.05) is 5.56 Å². The average Bonchev–Trinajstić information content (AvgIpc) is 2.03. The van der Waals surface area contributed by atoms with Crippen LogP contribution in [0.1, 0.15) is 5.56 Å². The zero-order valence-electron chi connectivity index (χ0n) is 6.19. The highest BCUT2D eigenvalue weighted by atomic mass is 35.5. The minimum absolute atomic E-state index is 0.0111. The first-order valence-electron chi connectivity index (χ1n) is 3.10. The lowest BCUT2D eigenvalue weighted by Crippen LogP contribution is -1.99. The second-order valence-corrected chi connectivity index (χ2v) is 4.02. The smallest absolute Gasteiger partial charge is 0.285 e. The Kier molecular flexibility index (Phi) is 2.70. The van der Waals surface area contributed by atoms with Gasteiger partial charge in [-0.15, -0.1) is 0 Å². The molecular weight excluding hydrogens is 216 g/mol. The number of hydrogen-bond acceptors (Lipinski definition) is 3. The molecule has 0 aromatic heterocycles. The zero-order chi connectivity index (χ0) is 10.1. The summed E-state index contributed by atoms with van der Waals surface area (Å²) in [5.74, 6) is 0. The lowest BCUT2D eigenvalue weighted by atomic mass is 10.2. The lowest BCUT2D eigenvalue weighted by molar-refractivity contribution is 0.483. The van der Waals surface area contributed by atoms with Gasteiger partial charge in [-0.05, 0) is 18.2 Å². The first-order valence-corrected chi connectivity index (χ1v) is 4.92. The van der Waals surface area contributed by atoms with E-state index in [-0.39, 0.29) is 10.6 Å². The number of benzene rings is 1. The predicted octanol–water partition coefficient (Wildman–Crippen LogP) is 1.04. The molecule has 0 atom stereocenters. The van der Waals surface area contributed by atoms with E-state index in [9.17, 15) is 13.2 Å². The first kappa shape index (κ1) is 10.2. The Morgan fingerprint density at radius 2 is 2.00 bits per heavy atom. The van der Waals surface area contributed by atoms with Gasteiger partial charge in [0.2, 0.25) is 6.29 Å². The van der Waals surface area contributed by atoms with Crippen molar-refractivity contribution in [2.45, 2.75) is 4.90 Å². The largest absolute Gasteiger partial charge is 0.296 e. The third kappa shape index (κ3) is 2.27. The van der Waals surface area contributed by atoms with Gasteiger partial charge >= 0.3 is 0 Å². The van der Waals surface area contributed by atoms with Crippen molar-refractivity contribution in [1.29, 1.82) is 0 Å². The summed E-state index contributed by atoms with van der Waals surface area (Å²) in [4.78, 5) is 9.66. The number of hydrogen-bond donors (Lipinski definition) is 1. The molecule has 0 spiro atoms. The predicted molar refractivity (Wildman–Crippen MR) is 46.1 cm³/mol.